The van der Waals surface area contributed by atoms with Crippen molar-refractivity contribution in [3.8, 4) is 0 Å². The van der Waals surface area contributed by atoms with E-state index < -0.39 is 5.60 Å². The van der Waals surface area contributed by atoms with Crippen LogP contribution in [0.25, 0.3) is 11.0 Å². The fraction of sp³-hybridized carbons (Fsp3) is 0.611. The molecular weight excluding hydrogens is 352 g/mol. The average Bonchev–Trinajstić information content (AvgIpc) is 3.03. The van der Waals surface area contributed by atoms with Crippen LogP contribution >= 0.6 is 0 Å². The van der Waals surface area contributed by atoms with E-state index in [1.807, 2.05) is 18.2 Å². The number of carbonyl (C=O) groups excluding carboxylic acids is 1. The number of morpholine rings is 1. The lowest BCUT2D eigenvalue weighted by Crippen LogP contribution is -2.59. The van der Waals surface area contributed by atoms with Crippen molar-refractivity contribution in [3.63, 3.8) is 0 Å². The van der Waals surface area contributed by atoms with Gasteiger partial charge in [-0.1, -0.05) is 6.07 Å². The lowest BCUT2D eigenvalue weighted by molar-refractivity contribution is -0.154. The highest BCUT2D eigenvalue weighted by molar-refractivity contribution is 5.77. The van der Waals surface area contributed by atoms with Crippen molar-refractivity contribution in [2.24, 2.45) is 0 Å². The quantitative estimate of drug-likeness (QED) is 0.753. The molecule has 27 heavy (non-hydrogen) atoms. The van der Waals surface area contributed by atoms with Gasteiger partial charge < -0.3 is 19.1 Å². The monoisotopic (exact) mass is 376 g/mol. The van der Waals surface area contributed by atoms with Gasteiger partial charge in [0.25, 0.3) is 0 Å². The van der Waals surface area contributed by atoms with Crippen LogP contribution in [0.2, 0.25) is 0 Å². The van der Waals surface area contributed by atoms with Gasteiger partial charge in [0.1, 0.15) is 23.2 Å². The van der Waals surface area contributed by atoms with Crippen LogP contribution in [0.15, 0.2) is 22.8 Å². The normalized spacial score (nSPS) is 24.4. The van der Waals surface area contributed by atoms with Crippen molar-refractivity contribution in [2.45, 2.75) is 12.1 Å². The van der Waals surface area contributed by atoms with Gasteiger partial charge >= 0.3 is 0 Å². The standard InChI is InChI=1S/C18H24N4O5/c1-24-10-17(23)22-5-6-25-13-18(12-22)11-21(4-7-26-18)9-14-2-3-15-16(8-14)20-27-19-15/h2-3,8H,4-7,9-13H2,1H3. The Kier molecular flexibility index (Phi) is 5.35. The smallest absolute Gasteiger partial charge is 0.248 e. The number of rotatable bonds is 4. The Bertz CT molecular complexity index is 797. The Labute approximate surface area is 157 Å². The lowest BCUT2D eigenvalue weighted by atomic mass is 10.0. The van der Waals surface area contributed by atoms with Crippen LogP contribution in [0.3, 0.4) is 0 Å². The maximum absolute atomic E-state index is 12.3. The van der Waals surface area contributed by atoms with Crippen LogP contribution < -0.4 is 0 Å². The third kappa shape index (κ3) is 4.11. The van der Waals surface area contributed by atoms with Gasteiger partial charge in [0, 0.05) is 33.3 Å². The molecule has 2 aliphatic heterocycles. The SMILES string of the molecule is COCC(=O)N1CCOCC2(CN(Cc3ccc4nonc4c3)CCO2)C1. The van der Waals surface area contributed by atoms with Crippen LogP contribution in [-0.4, -0.2) is 91.3 Å². The number of benzene rings is 1. The number of fused-ring (bicyclic) bond motifs is 1. The molecule has 1 aromatic heterocycles. The molecule has 0 N–H and O–H groups in total. The molecule has 1 amide bonds. The Morgan fingerprint density at radius 2 is 2.11 bits per heavy atom. The summed E-state index contributed by atoms with van der Waals surface area (Å²) in [6.45, 7) is 5.01. The van der Waals surface area contributed by atoms with E-state index in [-0.39, 0.29) is 12.5 Å². The van der Waals surface area contributed by atoms with E-state index in [0.717, 1.165) is 29.7 Å². The first kappa shape index (κ1) is 18.3. The van der Waals surface area contributed by atoms with Gasteiger partial charge in [0.2, 0.25) is 5.91 Å². The molecule has 0 saturated carbocycles. The van der Waals surface area contributed by atoms with Crippen LogP contribution in [0.5, 0.6) is 0 Å². The van der Waals surface area contributed by atoms with Gasteiger partial charge in [0.05, 0.1) is 26.4 Å². The maximum atomic E-state index is 12.3. The molecule has 0 bridgehead atoms. The van der Waals surface area contributed by atoms with Crippen LogP contribution in [0.1, 0.15) is 5.56 Å². The summed E-state index contributed by atoms with van der Waals surface area (Å²) in [6.07, 6.45) is 0. The zero-order chi connectivity index (χ0) is 18.7. The molecule has 9 nitrogen and oxygen atoms in total. The highest BCUT2D eigenvalue weighted by Gasteiger charge is 2.41. The number of ether oxygens (including phenoxy) is 3. The number of nitrogens with zero attached hydrogens (tertiary/aromatic N) is 4. The van der Waals surface area contributed by atoms with Crippen molar-refractivity contribution < 1.29 is 23.6 Å². The van der Waals surface area contributed by atoms with E-state index in [9.17, 15) is 4.79 Å². The van der Waals surface area contributed by atoms with Gasteiger partial charge in [-0.2, -0.15) is 0 Å². The molecule has 9 heteroatoms. The van der Waals surface area contributed by atoms with Crippen LogP contribution in [-0.2, 0) is 25.5 Å². The van der Waals surface area contributed by atoms with E-state index in [1.54, 1.807) is 4.90 Å². The van der Waals surface area contributed by atoms with E-state index in [2.05, 4.69) is 15.2 Å². The largest absolute Gasteiger partial charge is 0.376 e. The highest BCUT2D eigenvalue weighted by Crippen LogP contribution is 2.24. The molecule has 4 rings (SSSR count). The summed E-state index contributed by atoms with van der Waals surface area (Å²) in [5.41, 5.74) is 2.13. The Balaban J connectivity index is 1.46. The molecule has 0 aliphatic carbocycles. The van der Waals surface area contributed by atoms with Gasteiger partial charge in [-0.3, -0.25) is 9.69 Å². The average molecular weight is 376 g/mol. The van der Waals surface area contributed by atoms with E-state index in [1.165, 1.54) is 7.11 Å². The maximum Gasteiger partial charge on any atom is 0.248 e. The minimum absolute atomic E-state index is 0.0351. The van der Waals surface area contributed by atoms with E-state index >= 15 is 0 Å². The van der Waals surface area contributed by atoms with Crippen molar-refractivity contribution in [3.05, 3.63) is 23.8 Å². The van der Waals surface area contributed by atoms with Crippen molar-refractivity contribution in [2.75, 3.05) is 59.7 Å². The minimum Gasteiger partial charge on any atom is -0.376 e. The summed E-state index contributed by atoms with van der Waals surface area (Å²) >= 11 is 0. The molecule has 1 spiro atoms. The molecule has 1 atom stereocenters. The Morgan fingerprint density at radius 3 is 3.00 bits per heavy atom. The van der Waals surface area contributed by atoms with Crippen LogP contribution in [0.4, 0.5) is 0 Å². The van der Waals surface area contributed by atoms with E-state index in [4.69, 9.17) is 18.8 Å². The third-order valence-corrected chi connectivity index (χ3v) is 5.02. The van der Waals surface area contributed by atoms with Gasteiger partial charge in [0.15, 0.2) is 0 Å². The summed E-state index contributed by atoms with van der Waals surface area (Å²) in [6, 6.07) is 5.94. The predicted octanol–water partition coefficient (Wildman–Crippen LogP) is 0.299. The Morgan fingerprint density at radius 1 is 1.22 bits per heavy atom. The Hall–Kier alpha value is -2.07. The number of hydrogen-bond donors (Lipinski definition) is 0. The first-order valence-electron chi connectivity index (χ1n) is 9.09. The summed E-state index contributed by atoms with van der Waals surface area (Å²) < 4.78 is 21.7. The van der Waals surface area contributed by atoms with Crippen LogP contribution in [0, 0.1) is 0 Å². The molecular formula is C18H24N4O5. The van der Waals surface area contributed by atoms with E-state index in [0.29, 0.717) is 39.5 Å². The second-order valence-electron chi connectivity index (χ2n) is 7.13. The number of aromatic nitrogens is 2. The number of hydrogen-bond acceptors (Lipinski definition) is 8. The fourth-order valence-corrected chi connectivity index (χ4v) is 3.76. The first-order valence-corrected chi connectivity index (χ1v) is 9.09. The van der Waals surface area contributed by atoms with Gasteiger partial charge in [-0.25, -0.2) is 4.63 Å². The molecule has 146 valence electrons. The second-order valence-corrected chi connectivity index (χ2v) is 7.13. The van der Waals surface area contributed by atoms with Crippen molar-refractivity contribution in [1.82, 2.24) is 20.1 Å². The number of methoxy groups -OCH3 is 1. The second kappa shape index (κ2) is 7.89. The summed E-state index contributed by atoms with van der Waals surface area (Å²) in [5.74, 6) is -0.0351. The summed E-state index contributed by atoms with van der Waals surface area (Å²) in [7, 11) is 1.53. The zero-order valence-electron chi connectivity index (χ0n) is 15.4. The molecule has 2 saturated heterocycles. The number of amides is 1. The minimum atomic E-state index is -0.516. The van der Waals surface area contributed by atoms with Gasteiger partial charge in [-0.05, 0) is 28.0 Å². The molecule has 2 aromatic rings. The lowest BCUT2D eigenvalue weighted by Gasteiger charge is -2.43. The molecule has 0 radical (unpaired) electrons. The predicted molar refractivity (Wildman–Crippen MR) is 95.0 cm³/mol. The van der Waals surface area contributed by atoms with Gasteiger partial charge in [-0.15, -0.1) is 0 Å². The molecule has 1 aromatic carbocycles. The molecule has 3 heterocycles. The molecule has 2 fully saturated rings. The fourth-order valence-electron chi connectivity index (χ4n) is 3.76. The summed E-state index contributed by atoms with van der Waals surface area (Å²) in [4.78, 5) is 16.4. The summed E-state index contributed by atoms with van der Waals surface area (Å²) in [5, 5.41) is 7.75. The topological polar surface area (TPSA) is 90.2 Å². The molecule has 1 unspecified atom stereocenters. The number of carbonyl (C=O) groups is 1. The zero-order valence-corrected chi connectivity index (χ0v) is 15.4. The van der Waals surface area contributed by atoms with Crippen molar-refractivity contribution in [1.29, 1.82) is 0 Å². The first-order chi connectivity index (χ1) is 13.2. The molecule has 2 aliphatic rings. The highest BCUT2D eigenvalue weighted by atomic mass is 16.6. The van der Waals surface area contributed by atoms with Crippen molar-refractivity contribution >= 4 is 16.9 Å². The third-order valence-electron chi connectivity index (χ3n) is 5.02.